The highest BCUT2D eigenvalue weighted by molar-refractivity contribution is 6.33. The first-order chi connectivity index (χ1) is 20.3. The van der Waals surface area contributed by atoms with Gasteiger partial charge in [-0.15, -0.1) is 0 Å². The van der Waals surface area contributed by atoms with Crippen LogP contribution in [0.1, 0.15) is 19.8 Å². The molecule has 0 radical (unpaired) electrons. The van der Waals surface area contributed by atoms with Crippen LogP contribution in [0.2, 0.25) is 5.02 Å². The van der Waals surface area contributed by atoms with Crippen LogP contribution < -0.4 is 15.7 Å². The number of morpholine rings is 1. The van der Waals surface area contributed by atoms with Gasteiger partial charge in [-0.25, -0.2) is 9.18 Å². The normalized spacial score (nSPS) is 20.3. The molecule has 0 spiro atoms. The Labute approximate surface area is 247 Å². The van der Waals surface area contributed by atoms with E-state index in [1.165, 1.54) is 24.3 Å². The van der Waals surface area contributed by atoms with Crippen LogP contribution >= 0.6 is 11.6 Å². The molecule has 5 rings (SSSR count). The number of piperidine rings is 1. The first kappa shape index (κ1) is 30.2. The number of ether oxygens (including phenoxy) is 3. The molecule has 1 N–H and O–H groups in total. The number of hydrogen-bond acceptors (Lipinski definition) is 9. The minimum atomic E-state index is -0.799. The number of fused-ring (bicyclic) bond motifs is 1. The molecule has 3 aromatic rings. The van der Waals surface area contributed by atoms with Gasteiger partial charge in [-0.1, -0.05) is 11.6 Å². The van der Waals surface area contributed by atoms with Crippen molar-refractivity contribution in [2.24, 2.45) is 11.8 Å². The zero-order chi connectivity index (χ0) is 29.6. The van der Waals surface area contributed by atoms with Gasteiger partial charge in [-0.3, -0.25) is 14.5 Å². The minimum absolute atomic E-state index is 0.101. The second kappa shape index (κ2) is 13.8. The van der Waals surface area contributed by atoms with E-state index in [-0.39, 0.29) is 40.6 Å². The summed E-state index contributed by atoms with van der Waals surface area (Å²) in [5.41, 5.74) is 0.629. The minimum Gasteiger partial charge on any atom is -0.483 e. The summed E-state index contributed by atoms with van der Waals surface area (Å²) in [6.45, 7) is 6.88. The van der Waals surface area contributed by atoms with E-state index in [1.807, 2.05) is 0 Å². The molecule has 2 aliphatic rings. The summed E-state index contributed by atoms with van der Waals surface area (Å²) in [7, 11) is 0. The molecule has 3 heterocycles. The molecule has 3 atom stereocenters. The van der Waals surface area contributed by atoms with Crippen molar-refractivity contribution in [1.29, 1.82) is 0 Å². The van der Waals surface area contributed by atoms with Gasteiger partial charge in [0.15, 0.2) is 11.9 Å². The smallest absolute Gasteiger partial charge is 0.336 e. The van der Waals surface area contributed by atoms with Crippen LogP contribution in [-0.2, 0) is 19.1 Å². The summed E-state index contributed by atoms with van der Waals surface area (Å²) < 4.78 is 35.8. The Morgan fingerprint density at radius 2 is 1.95 bits per heavy atom. The molecule has 2 saturated heterocycles. The Hall–Kier alpha value is -3.31. The highest BCUT2D eigenvalue weighted by Crippen LogP contribution is 2.35. The lowest BCUT2D eigenvalue weighted by Crippen LogP contribution is -2.45. The maximum Gasteiger partial charge on any atom is 0.336 e. The molecular weight excluding hydrogens is 567 g/mol. The number of rotatable bonds is 10. The van der Waals surface area contributed by atoms with Gasteiger partial charge in [-0.05, 0) is 62.7 Å². The lowest BCUT2D eigenvalue weighted by Gasteiger charge is -2.32. The van der Waals surface area contributed by atoms with Gasteiger partial charge in [0, 0.05) is 54.2 Å². The van der Waals surface area contributed by atoms with Crippen LogP contribution in [-0.4, -0.2) is 75.3 Å². The molecule has 11 heteroatoms. The first-order valence-electron chi connectivity index (χ1n) is 14.2. The van der Waals surface area contributed by atoms with Gasteiger partial charge in [0.1, 0.15) is 23.8 Å². The molecule has 9 nitrogen and oxygen atoms in total. The fourth-order valence-electron chi connectivity index (χ4n) is 5.61. The van der Waals surface area contributed by atoms with Crippen LogP contribution in [0.4, 0.5) is 4.39 Å². The van der Waals surface area contributed by atoms with Gasteiger partial charge in [-0.2, -0.15) is 0 Å². The zero-order valence-corrected chi connectivity index (χ0v) is 24.2. The van der Waals surface area contributed by atoms with Crippen molar-refractivity contribution >= 4 is 34.3 Å². The highest BCUT2D eigenvalue weighted by atomic mass is 35.5. The summed E-state index contributed by atoms with van der Waals surface area (Å²) in [4.78, 5) is 40.6. The number of halogens is 2. The maximum atomic E-state index is 13.6. The Balaban J connectivity index is 1.23. The van der Waals surface area contributed by atoms with E-state index >= 15 is 0 Å². The summed E-state index contributed by atoms with van der Waals surface area (Å²) in [5, 5.41) is 4.03. The molecule has 2 aliphatic heterocycles. The molecule has 224 valence electrons. The average Bonchev–Trinajstić information content (AvgIpc) is 2.97. The number of carbonyl (C=O) groups is 2. The number of esters is 1. The van der Waals surface area contributed by atoms with E-state index in [9.17, 15) is 18.8 Å². The Morgan fingerprint density at radius 1 is 1.14 bits per heavy atom. The first-order valence-corrected chi connectivity index (χ1v) is 14.6. The van der Waals surface area contributed by atoms with E-state index in [2.05, 4.69) is 10.2 Å². The third-order valence-electron chi connectivity index (χ3n) is 7.83. The van der Waals surface area contributed by atoms with Gasteiger partial charge >= 0.3 is 11.6 Å². The van der Waals surface area contributed by atoms with E-state index in [4.69, 9.17) is 30.2 Å². The molecule has 0 amide bonds. The van der Waals surface area contributed by atoms with Crippen molar-refractivity contribution in [1.82, 2.24) is 10.2 Å². The monoisotopic (exact) mass is 600 g/mol. The van der Waals surface area contributed by atoms with Gasteiger partial charge in [0.2, 0.25) is 0 Å². The fraction of sp³-hybridized carbons (Fsp3) is 0.452. The SMILES string of the molecule is C[C@@H](Oc1ccc2c(-c3ccc(F)cc3Cl)cc(=O)oc2c1)C(=O)[C@@H]1CCNCC1CC(=O)OCCN1CCOCC1. The molecule has 42 heavy (non-hydrogen) atoms. The molecular formula is C31H34ClFN2O7. The summed E-state index contributed by atoms with van der Waals surface area (Å²) in [6.07, 6.45) is -0.0614. The number of hydrogen-bond donors (Lipinski definition) is 1. The van der Waals surface area contributed by atoms with E-state index in [1.54, 1.807) is 25.1 Å². The number of benzene rings is 2. The van der Waals surface area contributed by atoms with Crippen molar-refractivity contribution < 1.29 is 32.6 Å². The van der Waals surface area contributed by atoms with Crippen LogP contribution in [0.25, 0.3) is 22.1 Å². The third kappa shape index (κ3) is 7.36. The van der Waals surface area contributed by atoms with Crippen molar-refractivity contribution in [3.05, 3.63) is 63.7 Å². The predicted molar refractivity (Wildman–Crippen MR) is 155 cm³/mol. The Kier molecular flexibility index (Phi) is 9.89. The van der Waals surface area contributed by atoms with Gasteiger partial charge in [0.05, 0.1) is 24.7 Å². The fourth-order valence-corrected chi connectivity index (χ4v) is 5.88. The zero-order valence-electron chi connectivity index (χ0n) is 23.4. The average molecular weight is 601 g/mol. The van der Waals surface area contributed by atoms with E-state index < -0.39 is 17.5 Å². The van der Waals surface area contributed by atoms with Gasteiger partial charge in [0.25, 0.3) is 0 Å². The van der Waals surface area contributed by atoms with Gasteiger partial charge < -0.3 is 23.9 Å². The number of nitrogens with zero attached hydrogens (tertiary/aromatic N) is 1. The van der Waals surface area contributed by atoms with Crippen LogP contribution in [0.5, 0.6) is 5.75 Å². The topological polar surface area (TPSA) is 107 Å². The third-order valence-corrected chi connectivity index (χ3v) is 8.14. The second-order valence-electron chi connectivity index (χ2n) is 10.7. The molecule has 0 saturated carbocycles. The van der Waals surface area contributed by atoms with Crippen molar-refractivity contribution in [3.63, 3.8) is 0 Å². The molecule has 0 aliphatic carbocycles. The number of nitrogens with one attached hydrogen (secondary N) is 1. The Bertz CT molecular complexity index is 1490. The summed E-state index contributed by atoms with van der Waals surface area (Å²) in [6, 6.07) is 10.2. The highest BCUT2D eigenvalue weighted by Gasteiger charge is 2.35. The lowest BCUT2D eigenvalue weighted by atomic mass is 9.80. The van der Waals surface area contributed by atoms with E-state index in [0.717, 1.165) is 13.1 Å². The van der Waals surface area contributed by atoms with E-state index in [0.29, 0.717) is 68.1 Å². The molecule has 2 fully saturated rings. The quantitative estimate of drug-likeness (QED) is 0.272. The van der Waals surface area contributed by atoms with Crippen LogP contribution in [0.3, 0.4) is 0 Å². The van der Waals surface area contributed by atoms with Crippen LogP contribution in [0.15, 0.2) is 51.7 Å². The molecule has 2 aromatic carbocycles. The molecule has 0 bridgehead atoms. The van der Waals surface area contributed by atoms with Crippen LogP contribution in [0, 0.1) is 17.7 Å². The predicted octanol–water partition coefficient (Wildman–Crippen LogP) is 4.08. The van der Waals surface area contributed by atoms with Crippen molar-refractivity contribution in [3.8, 4) is 16.9 Å². The maximum absolute atomic E-state index is 13.6. The molecule has 1 aromatic heterocycles. The lowest BCUT2D eigenvalue weighted by molar-refractivity contribution is -0.146. The number of Topliss-reactive ketones (excluding diaryl/α,β-unsaturated/α-hetero) is 1. The molecule has 1 unspecified atom stereocenters. The van der Waals surface area contributed by atoms with Crippen molar-refractivity contribution in [2.75, 3.05) is 52.5 Å². The standard InChI is InChI=1S/C31H34ClFN2O7/c1-19(31(38)23-6-7-34-18-20(23)14-29(36)40-13-10-35-8-11-39-12-9-35)41-22-3-5-25-26(17-30(37)42-28(25)16-22)24-4-2-21(33)15-27(24)32/h2-5,15-17,19-20,23,34H,6-14,18H2,1H3/t19-,20?,23-/m1/s1. The number of ketones is 1. The number of carbonyl (C=O) groups excluding carboxylic acids is 2. The Morgan fingerprint density at radius 3 is 2.74 bits per heavy atom. The summed E-state index contributed by atoms with van der Waals surface area (Å²) in [5.74, 6) is -1.12. The summed E-state index contributed by atoms with van der Waals surface area (Å²) >= 11 is 6.25. The second-order valence-corrected chi connectivity index (χ2v) is 11.1. The largest absolute Gasteiger partial charge is 0.483 e. The van der Waals surface area contributed by atoms with Crippen molar-refractivity contribution in [2.45, 2.75) is 25.9 Å².